The molecule has 1 aliphatic rings. The molecule has 3 N–H and O–H groups in total. The maximum Gasteiger partial charge on any atom is 0.508 e. The molecular formula is C29H28ClN5O8. The van der Waals surface area contributed by atoms with Crippen LogP contribution in [-0.2, 0) is 39.2 Å². The number of ether oxygens (including phenoxy) is 4. The van der Waals surface area contributed by atoms with Crippen LogP contribution in [0.1, 0.15) is 30.2 Å². The lowest BCUT2D eigenvalue weighted by Gasteiger charge is -2.23. The second-order valence-electron chi connectivity index (χ2n) is 9.44. The Balaban J connectivity index is 0.000000324. The SMILES string of the molecule is C#C[C@@]1(COC(=O)OCc2ccn(C)c(=O)c2)CC[C@H](n2ccc3c(N)nc(Cl)nc32)O1.O=C(O)OCc1ccccc1. The summed E-state index contributed by atoms with van der Waals surface area (Å²) in [7, 11) is 1.63. The first kappa shape index (κ1) is 30.9. The van der Waals surface area contributed by atoms with E-state index in [1.807, 2.05) is 30.3 Å². The molecule has 3 aromatic heterocycles. The number of carboxylic acid groups (broad SMARTS) is 1. The summed E-state index contributed by atoms with van der Waals surface area (Å²) >= 11 is 5.94. The molecule has 0 saturated carbocycles. The van der Waals surface area contributed by atoms with E-state index >= 15 is 0 Å². The summed E-state index contributed by atoms with van der Waals surface area (Å²) in [6.45, 7) is -0.165. The van der Waals surface area contributed by atoms with E-state index < -0.39 is 24.1 Å². The zero-order valence-electron chi connectivity index (χ0n) is 23.0. The van der Waals surface area contributed by atoms with Crippen LogP contribution in [0.3, 0.4) is 0 Å². The van der Waals surface area contributed by atoms with Gasteiger partial charge in [-0.1, -0.05) is 36.3 Å². The van der Waals surface area contributed by atoms with Crippen molar-refractivity contribution in [2.24, 2.45) is 7.05 Å². The van der Waals surface area contributed by atoms with Gasteiger partial charge in [0.2, 0.25) is 5.28 Å². The van der Waals surface area contributed by atoms with E-state index in [-0.39, 0.29) is 36.5 Å². The summed E-state index contributed by atoms with van der Waals surface area (Å²) in [5.41, 5.74) is 6.51. The number of benzene rings is 1. The third kappa shape index (κ3) is 8.03. The lowest BCUT2D eigenvalue weighted by Crippen LogP contribution is -2.34. The topological polar surface area (TPSA) is 170 Å². The van der Waals surface area contributed by atoms with E-state index in [1.165, 1.54) is 10.6 Å². The Morgan fingerprint density at radius 2 is 1.88 bits per heavy atom. The molecule has 14 heteroatoms. The summed E-state index contributed by atoms with van der Waals surface area (Å²) < 4.78 is 23.9. The zero-order valence-corrected chi connectivity index (χ0v) is 23.8. The second-order valence-corrected chi connectivity index (χ2v) is 9.78. The average molecular weight is 610 g/mol. The minimum Gasteiger partial charge on any atom is -0.450 e. The van der Waals surface area contributed by atoms with Crippen molar-refractivity contribution >= 4 is 40.8 Å². The number of terminal acetylenes is 1. The first-order valence-corrected chi connectivity index (χ1v) is 13.3. The predicted molar refractivity (Wildman–Crippen MR) is 155 cm³/mol. The monoisotopic (exact) mass is 609 g/mol. The molecule has 4 heterocycles. The summed E-state index contributed by atoms with van der Waals surface area (Å²) in [5.74, 6) is 2.85. The number of aryl methyl sites for hydroxylation is 1. The summed E-state index contributed by atoms with van der Waals surface area (Å²) in [6, 6.07) is 14.0. The van der Waals surface area contributed by atoms with E-state index in [0.717, 1.165) is 5.56 Å². The second kappa shape index (κ2) is 13.7. The van der Waals surface area contributed by atoms with Crippen LogP contribution >= 0.6 is 11.6 Å². The van der Waals surface area contributed by atoms with E-state index in [1.54, 1.807) is 36.1 Å². The Kier molecular flexibility index (Phi) is 9.87. The molecular weight excluding hydrogens is 582 g/mol. The molecule has 0 radical (unpaired) electrons. The van der Waals surface area contributed by atoms with Gasteiger partial charge in [0.1, 0.15) is 37.5 Å². The van der Waals surface area contributed by atoms with Crippen LogP contribution in [0.15, 0.2) is 65.7 Å². The highest BCUT2D eigenvalue weighted by molar-refractivity contribution is 6.28. The van der Waals surface area contributed by atoms with Crippen molar-refractivity contribution in [2.75, 3.05) is 12.3 Å². The van der Waals surface area contributed by atoms with Crippen molar-refractivity contribution in [1.82, 2.24) is 19.1 Å². The number of pyridine rings is 1. The maximum atomic E-state index is 12.0. The van der Waals surface area contributed by atoms with Crippen molar-refractivity contribution in [3.63, 3.8) is 0 Å². The number of carbonyl (C=O) groups is 2. The molecule has 0 bridgehead atoms. The Labute approximate surface area is 250 Å². The fourth-order valence-electron chi connectivity index (χ4n) is 4.20. The fraction of sp³-hybridized carbons (Fsp3) is 0.276. The number of hydrogen-bond acceptors (Lipinski definition) is 10. The van der Waals surface area contributed by atoms with Crippen LogP contribution in [0.25, 0.3) is 11.0 Å². The van der Waals surface area contributed by atoms with Gasteiger partial charge in [0.05, 0.1) is 5.39 Å². The van der Waals surface area contributed by atoms with Crippen molar-refractivity contribution in [3.05, 3.63) is 87.7 Å². The minimum absolute atomic E-state index is 0.0264. The van der Waals surface area contributed by atoms with E-state index in [2.05, 4.69) is 20.6 Å². The van der Waals surface area contributed by atoms with Gasteiger partial charge in [-0.05, 0) is 47.7 Å². The van der Waals surface area contributed by atoms with Gasteiger partial charge in [-0.2, -0.15) is 4.98 Å². The molecule has 0 unspecified atom stereocenters. The smallest absolute Gasteiger partial charge is 0.450 e. The van der Waals surface area contributed by atoms with Gasteiger partial charge >= 0.3 is 12.3 Å². The van der Waals surface area contributed by atoms with Crippen LogP contribution in [-0.4, -0.2) is 48.7 Å². The molecule has 1 aliphatic heterocycles. The van der Waals surface area contributed by atoms with Crippen LogP contribution < -0.4 is 11.3 Å². The van der Waals surface area contributed by atoms with Crippen molar-refractivity contribution in [3.8, 4) is 12.3 Å². The number of rotatable bonds is 7. The highest BCUT2D eigenvalue weighted by atomic mass is 35.5. The quantitative estimate of drug-likeness (QED) is 0.174. The van der Waals surface area contributed by atoms with Crippen LogP contribution in [0.2, 0.25) is 5.28 Å². The molecule has 1 fully saturated rings. The van der Waals surface area contributed by atoms with Gasteiger partial charge in [-0.3, -0.25) is 4.79 Å². The molecule has 1 aromatic carbocycles. The number of hydrogen-bond donors (Lipinski definition) is 2. The van der Waals surface area contributed by atoms with Gasteiger partial charge in [0, 0.05) is 25.5 Å². The number of halogens is 1. The molecule has 0 spiro atoms. The molecule has 13 nitrogen and oxygen atoms in total. The third-order valence-electron chi connectivity index (χ3n) is 6.46. The summed E-state index contributed by atoms with van der Waals surface area (Å²) in [4.78, 5) is 41.8. The first-order valence-electron chi connectivity index (χ1n) is 12.9. The van der Waals surface area contributed by atoms with E-state index in [9.17, 15) is 14.4 Å². The standard InChI is InChI=1S/C21H20ClN5O5.C8H8O3/c1-3-21(12-31-20(29)30-11-13-5-8-26(2)15(28)10-13)7-4-16(32-21)27-9-6-14-17(23)24-19(22)25-18(14)27;9-8(10)11-6-7-4-2-1-3-5-7/h1,5-6,8-10,16H,4,7,11-12H2,2H3,(H2,23,24,25);1-5H,6H2,(H,9,10)/t16-,21+;/m1./s1. The Bertz CT molecular complexity index is 1700. The Hall–Kier alpha value is -5.06. The van der Waals surface area contributed by atoms with Gasteiger partial charge in [-0.15, -0.1) is 6.42 Å². The zero-order chi connectivity index (χ0) is 31.0. The summed E-state index contributed by atoms with van der Waals surface area (Å²) in [6.07, 6.45) is 7.46. The summed E-state index contributed by atoms with van der Waals surface area (Å²) in [5, 5.41) is 8.82. The van der Waals surface area contributed by atoms with Gasteiger partial charge in [0.25, 0.3) is 5.56 Å². The highest BCUT2D eigenvalue weighted by Crippen LogP contribution is 2.38. The van der Waals surface area contributed by atoms with Gasteiger partial charge in [-0.25, -0.2) is 14.6 Å². The van der Waals surface area contributed by atoms with Crippen molar-refractivity contribution in [1.29, 1.82) is 0 Å². The number of aromatic nitrogens is 4. The minimum atomic E-state index is -1.24. The number of anilines is 1. The fourth-order valence-corrected chi connectivity index (χ4v) is 4.38. The predicted octanol–water partition coefficient (Wildman–Crippen LogP) is 4.28. The number of carbonyl (C=O) groups excluding carboxylic acids is 1. The van der Waals surface area contributed by atoms with E-state index in [4.69, 9.17) is 43.1 Å². The van der Waals surface area contributed by atoms with E-state index in [0.29, 0.717) is 29.4 Å². The number of fused-ring (bicyclic) bond motifs is 1. The first-order chi connectivity index (χ1) is 20.6. The van der Waals surface area contributed by atoms with Crippen LogP contribution in [0.5, 0.6) is 0 Å². The van der Waals surface area contributed by atoms with Crippen molar-refractivity contribution < 1.29 is 33.6 Å². The lowest BCUT2D eigenvalue weighted by atomic mass is 10.0. The Morgan fingerprint density at radius 3 is 2.58 bits per heavy atom. The lowest BCUT2D eigenvalue weighted by molar-refractivity contribution is -0.0736. The normalized spacial score (nSPS) is 17.4. The largest absolute Gasteiger partial charge is 0.508 e. The Morgan fingerprint density at radius 1 is 1.14 bits per heavy atom. The average Bonchev–Trinajstić information content (AvgIpc) is 3.61. The molecule has 0 aliphatic carbocycles. The van der Waals surface area contributed by atoms with Gasteiger partial charge in [0.15, 0.2) is 5.60 Å². The number of nitrogen functional groups attached to an aromatic ring is 1. The van der Waals surface area contributed by atoms with Gasteiger partial charge < -0.3 is 38.9 Å². The third-order valence-corrected chi connectivity index (χ3v) is 6.63. The van der Waals surface area contributed by atoms with Crippen LogP contribution in [0, 0.1) is 12.3 Å². The molecule has 4 aromatic rings. The maximum absolute atomic E-state index is 12.0. The number of nitrogens with zero attached hydrogens (tertiary/aromatic N) is 4. The molecule has 0 amide bonds. The molecule has 5 rings (SSSR count). The highest BCUT2D eigenvalue weighted by Gasteiger charge is 2.41. The van der Waals surface area contributed by atoms with Crippen LogP contribution in [0.4, 0.5) is 15.4 Å². The molecule has 2 atom stereocenters. The molecule has 1 saturated heterocycles. The molecule has 43 heavy (non-hydrogen) atoms. The molecule has 224 valence electrons. The number of nitrogens with two attached hydrogens (primary N) is 1. The van der Waals surface area contributed by atoms with Crippen molar-refractivity contribution in [2.45, 2.75) is 37.9 Å².